The molecular weight excluding hydrogens is 330 g/mol. The van der Waals surface area contributed by atoms with Gasteiger partial charge >= 0.3 is 0 Å². The minimum atomic E-state index is -3.80. The van der Waals surface area contributed by atoms with Gasteiger partial charge in [0, 0.05) is 24.0 Å². The molecule has 0 unspecified atom stereocenters. The van der Waals surface area contributed by atoms with E-state index >= 15 is 0 Å². The Kier molecular flexibility index (Phi) is 3.76. The van der Waals surface area contributed by atoms with Gasteiger partial charge in [-0.25, -0.2) is 8.42 Å². The number of nitrogens with zero attached hydrogens (tertiary/aromatic N) is 1. The van der Waals surface area contributed by atoms with Crippen molar-refractivity contribution in [2.24, 2.45) is 5.73 Å². The number of nitrogens with two attached hydrogens (primary N) is 1. The Morgan fingerprint density at radius 2 is 1.83 bits per heavy atom. The highest BCUT2D eigenvalue weighted by atomic mass is 32.2. The van der Waals surface area contributed by atoms with Gasteiger partial charge in [0.1, 0.15) is 0 Å². The molecule has 7 nitrogen and oxygen atoms in total. The van der Waals surface area contributed by atoms with Crippen molar-refractivity contribution in [3.05, 3.63) is 53.6 Å². The molecule has 0 saturated carbocycles. The number of carbonyl (C=O) groups is 2. The molecule has 24 heavy (non-hydrogen) atoms. The number of hydrogen-bond acceptors (Lipinski definition) is 4. The fourth-order valence-electron chi connectivity index (χ4n) is 2.53. The lowest BCUT2D eigenvalue weighted by Crippen LogP contribution is -2.20. The van der Waals surface area contributed by atoms with E-state index in [1.807, 2.05) is 0 Å². The maximum atomic E-state index is 12.5. The van der Waals surface area contributed by atoms with E-state index < -0.39 is 15.9 Å². The first-order chi connectivity index (χ1) is 11.3. The zero-order chi connectivity index (χ0) is 17.5. The second-order valence-electron chi connectivity index (χ2n) is 5.47. The second-order valence-corrected chi connectivity index (χ2v) is 7.15. The van der Waals surface area contributed by atoms with Gasteiger partial charge in [-0.3, -0.25) is 14.3 Å². The van der Waals surface area contributed by atoms with Crippen molar-refractivity contribution in [1.29, 1.82) is 0 Å². The summed E-state index contributed by atoms with van der Waals surface area (Å²) in [5.74, 6) is -0.661. The summed E-state index contributed by atoms with van der Waals surface area (Å²) in [7, 11) is -2.15. The Morgan fingerprint density at radius 1 is 1.17 bits per heavy atom. The Bertz CT molecular complexity index is 936. The van der Waals surface area contributed by atoms with Crippen LogP contribution in [0.25, 0.3) is 0 Å². The van der Waals surface area contributed by atoms with Crippen molar-refractivity contribution < 1.29 is 18.0 Å². The van der Waals surface area contributed by atoms with Crippen LogP contribution in [0.5, 0.6) is 0 Å². The number of likely N-dealkylation sites (N-methyl/N-ethyl adjacent to an activating group) is 1. The predicted octanol–water partition coefficient (Wildman–Crippen LogP) is 1.11. The Balaban J connectivity index is 1.87. The van der Waals surface area contributed by atoms with E-state index in [0.29, 0.717) is 16.9 Å². The molecule has 8 heteroatoms. The van der Waals surface area contributed by atoms with Crippen LogP contribution in [0.2, 0.25) is 0 Å². The molecule has 2 aromatic rings. The Labute approximate surface area is 139 Å². The Morgan fingerprint density at radius 3 is 2.46 bits per heavy atom. The molecule has 1 aliphatic heterocycles. The highest BCUT2D eigenvalue weighted by molar-refractivity contribution is 7.92. The zero-order valence-electron chi connectivity index (χ0n) is 12.8. The third kappa shape index (κ3) is 2.83. The van der Waals surface area contributed by atoms with Gasteiger partial charge in [0.25, 0.3) is 10.0 Å². The molecule has 2 amide bonds. The average molecular weight is 345 g/mol. The standard InChI is InChI=1S/C16H15N3O4S/c1-19-14-7-6-13(8-11(14)9-15(19)20)24(22,23)18-12-4-2-10(3-5-12)16(17)21/h2-8,18H,9H2,1H3,(H2,17,21). The number of hydrogen-bond donors (Lipinski definition) is 2. The van der Waals surface area contributed by atoms with Crippen molar-refractivity contribution >= 4 is 33.2 Å². The predicted molar refractivity (Wildman–Crippen MR) is 89.3 cm³/mol. The number of nitrogens with one attached hydrogen (secondary N) is 1. The molecule has 2 aromatic carbocycles. The van der Waals surface area contributed by atoms with Crippen LogP contribution in [-0.4, -0.2) is 27.3 Å². The van der Waals surface area contributed by atoms with E-state index in [-0.39, 0.29) is 22.8 Å². The molecule has 0 atom stereocenters. The van der Waals surface area contributed by atoms with Crippen LogP contribution in [0, 0.1) is 0 Å². The third-order valence-corrected chi connectivity index (χ3v) is 5.24. The summed E-state index contributed by atoms with van der Waals surface area (Å²) in [5.41, 5.74) is 7.14. The van der Waals surface area contributed by atoms with Gasteiger partial charge in [-0.2, -0.15) is 0 Å². The number of rotatable bonds is 4. The molecule has 0 aromatic heterocycles. The lowest BCUT2D eigenvalue weighted by molar-refractivity contribution is -0.117. The van der Waals surface area contributed by atoms with Gasteiger partial charge < -0.3 is 10.6 Å². The topological polar surface area (TPSA) is 110 Å². The van der Waals surface area contributed by atoms with Crippen LogP contribution in [0.1, 0.15) is 15.9 Å². The number of fused-ring (bicyclic) bond motifs is 1. The van der Waals surface area contributed by atoms with Crippen molar-refractivity contribution in [2.75, 3.05) is 16.7 Å². The first-order valence-electron chi connectivity index (χ1n) is 7.10. The molecule has 1 heterocycles. The fourth-order valence-corrected chi connectivity index (χ4v) is 3.64. The van der Waals surface area contributed by atoms with Crippen LogP contribution in [-0.2, 0) is 21.2 Å². The number of carbonyl (C=O) groups excluding carboxylic acids is 2. The van der Waals surface area contributed by atoms with Crippen molar-refractivity contribution in [3.63, 3.8) is 0 Å². The molecule has 3 N–H and O–H groups in total. The molecule has 0 spiro atoms. The summed E-state index contributed by atoms with van der Waals surface area (Å²) >= 11 is 0. The van der Waals surface area contributed by atoms with E-state index in [9.17, 15) is 18.0 Å². The van der Waals surface area contributed by atoms with Crippen molar-refractivity contribution in [3.8, 4) is 0 Å². The van der Waals surface area contributed by atoms with Crippen LogP contribution in [0.4, 0.5) is 11.4 Å². The third-order valence-electron chi connectivity index (χ3n) is 3.86. The summed E-state index contributed by atoms with van der Waals surface area (Å²) in [6.07, 6.45) is 0.183. The lowest BCUT2D eigenvalue weighted by Gasteiger charge is -2.12. The molecule has 1 aliphatic rings. The SMILES string of the molecule is CN1C(=O)Cc2cc(S(=O)(=O)Nc3ccc(C(N)=O)cc3)ccc21. The van der Waals surface area contributed by atoms with Gasteiger partial charge in [0.2, 0.25) is 11.8 Å². The monoisotopic (exact) mass is 345 g/mol. The van der Waals surface area contributed by atoms with Crippen molar-refractivity contribution in [1.82, 2.24) is 0 Å². The first kappa shape index (κ1) is 16.0. The molecule has 0 saturated heterocycles. The van der Waals surface area contributed by atoms with Gasteiger partial charge in [-0.05, 0) is 48.0 Å². The number of sulfonamides is 1. The average Bonchev–Trinajstić information content (AvgIpc) is 2.82. The van der Waals surface area contributed by atoms with Gasteiger partial charge in [0.05, 0.1) is 11.3 Å². The minimum absolute atomic E-state index is 0.0725. The van der Waals surface area contributed by atoms with E-state index in [1.165, 1.54) is 41.3 Å². The summed E-state index contributed by atoms with van der Waals surface area (Å²) in [6, 6.07) is 10.4. The number of benzene rings is 2. The van der Waals surface area contributed by atoms with Crippen LogP contribution in [0.15, 0.2) is 47.4 Å². The lowest BCUT2D eigenvalue weighted by atomic mass is 10.2. The maximum Gasteiger partial charge on any atom is 0.261 e. The second kappa shape index (κ2) is 5.64. The van der Waals surface area contributed by atoms with Crippen molar-refractivity contribution in [2.45, 2.75) is 11.3 Å². The normalized spacial score (nSPS) is 13.7. The molecule has 0 aliphatic carbocycles. The minimum Gasteiger partial charge on any atom is -0.366 e. The molecule has 124 valence electrons. The number of amides is 2. The van der Waals surface area contributed by atoms with Crippen LogP contribution >= 0.6 is 0 Å². The molecule has 0 radical (unpaired) electrons. The van der Waals surface area contributed by atoms with Gasteiger partial charge in [0.15, 0.2) is 0 Å². The fraction of sp³-hybridized carbons (Fsp3) is 0.125. The van der Waals surface area contributed by atoms with Gasteiger partial charge in [-0.1, -0.05) is 0 Å². The number of anilines is 2. The Hall–Kier alpha value is -2.87. The summed E-state index contributed by atoms with van der Waals surface area (Å²) in [4.78, 5) is 24.3. The van der Waals surface area contributed by atoms with Crippen LogP contribution in [0.3, 0.4) is 0 Å². The summed E-state index contributed by atoms with van der Waals surface area (Å²) in [5, 5.41) is 0. The van der Waals surface area contributed by atoms with E-state index in [0.717, 1.165) is 0 Å². The summed E-state index contributed by atoms with van der Waals surface area (Å²) in [6.45, 7) is 0. The molecular formula is C16H15N3O4S. The maximum absolute atomic E-state index is 12.5. The van der Waals surface area contributed by atoms with E-state index in [2.05, 4.69) is 4.72 Å². The van der Waals surface area contributed by atoms with E-state index in [1.54, 1.807) is 13.1 Å². The summed E-state index contributed by atoms with van der Waals surface area (Å²) < 4.78 is 27.4. The highest BCUT2D eigenvalue weighted by Crippen LogP contribution is 2.30. The molecule has 0 bridgehead atoms. The first-order valence-corrected chi connectivity index (χ1v) is 8.58. The number of primary amides is 1. The largest absolute Gasteiger partial charge is 0.366 e. The smallest absolute Gasteiger partial charge is 0.261 e. The van der Waals surface area contributed by atoms with E-state index in [4.69, 9.17) is 5.73 Å². The zero-order valence-corrected chi connectivity index (χ0v) is 13.6. The molecule has 0 fully saturated rings. The molecule has 3 rings (SSSR count). The quantitative estimate of drug-likeness (QED) is 0.865. The van der Waals surface area contributed by atoms with Crippen LogP contribution < -0.4 is 15.4 Å². The highest BCUT2D eigenvalue weighted by Gasteiger charge is 2.26. The van der Waals surface area contributed by atoms with Gasteiger partial charge in [-0.15, -0.1) is 0 Å².